The highest BCUT2D eigenvalue weighted by atomic mass is 16.1. The van der Waals surface area contributed by atoms with Crippen LogP contribution in [0.3, 0.4) is 0 Å². The number of unbranched alkanes of at least 4 members (excludes halogenated alkanes) is 1. The predicted molar refractivity (Wildman–Crippen MR) is 140 cm³/mol. The van der Waals surface area contributed by atoms with Gasteiger partial charge in [0, 0.05) is 6.42 Å². The maximum Gasteiger partial charge on any atom is 0.159 e. The maximum atomic E-state index is 11.8. The van der Waals surface area contributed by atoms with Crippen molar-refractivity contribution in [2.24, 2.45) is 0 Å². The third-order valence-corrected chi connectivity index (χ3v) is 5.21. The van der Waals surface area contributed by atoms with Gasteiger partial charge in [0.2, 0.25) is 0 Å². The highest BCUT2D eigenvalue weighted by Crippen LogP contribution is 2.14. The number of hydrogen-bond donors (Lipinski definition) is 0. The third-order valence-electron chi connectivity index (χ3n) is 5.21. The van der Waals surface area contributed by atoms with E-state index >= 15 is 0 Å². The molecule has 0 rings (SSSR count). The normalized spacial score (nSPS) is 13.3. The molecule has 0 bridgehead atoms. The molecule has 0 saturated carbocycles. The van der Waals surface area contributed by atoms with Crippen molar-refractivity contribution in [1.29, 1.82) is 0 Å². The summed E-state index contributed by atoms with van der Waals surface area (Å²) in [5.41, 5.74) is 8.11. The van der Waals surface area contributed by atoms with Gasteiger partial charge < -0.3 is 0 Å². The summed E-state index contributed by atoms with van der Waals surface area (Å²) in [4.78, 5) is 11.8. The Morgan fingerprint density at radius 2 is 0.871 bits per heavy atom. The summed E-state index contributed by atoms with van der Waals surface area (Å²) in [5, 5.41) is 0. The van der Waals surface area contributed by atoms with Crippen LogP contribution in [0.5, 0.6) is 0 Å². The number of carbonyl (C=O) groups is 1. The summed E-state index contributed by atoms with van der Waals surface area (Å²) in [6.07, 6.45) is 23.0. The maximum absolute atomic E-state index is 11.8. The zero-order valence-corrected chi connectivity index (χ0v) is 21.7. The minimum Gasteiger partial charge on any atom is -0.295 e. The van der Waals surface area contributed by atoms with Gasteiger partial charge in [-0.25, -0.2) is 0 Å². The molecule has 0 amide bonds. The molecule has 0 aliphatic carbocycles. The van der Waals surface area contributed by atoms with E-state index < -0.39 is 0 Å². The molecular formula is C30H48O. The largest absolute Gasteiger partial charge is 0.295 e. The predicted octanol–water partition coefficient (Wildman–Crippen LogP) is 9.78. The number of ketones is 1. The van der Waals surface area contributed by atoms with Crippen LogP contribution in [0.4, 0.5) is 0 Å². The summed E-state index contributed by atoms with van der Waals surface area (Å²) >= 11 is 0. The van der Waals surface area contributed by atoms with Crippen molar-refractivity contribution in [3.05, 3.63) is 69.9 Å². The Morgan fingerprint density at radius 1 is 0.484 bits per heavy atom. The average Bonchev–Trinajstić information content (AvgIpc) is 2.64. The molecule has 1 nitrogen and oxygen atoms in total. The van der Waals surface area contributed by atoms with E-state index in [2.05, 4.69) is 71.9 Å². The molecule has 0 radical (unpaired) electrons. The lowest BCUT2D eigenvalue weighted by atomic mass is 10.0. The molecule has 31 heavy (non-hydrogen) atoms. The second kappa shape index (κ2) is 17.8. The van der Waals surface area contributed by atoms with Crippen molar-refractivity contribution < 1.29 is 4.79 Å². The van der Waals surface area contributed by atoms with E-state index in [-0.39, 0.29) is 5.78 Å². The van der Waals surface area contributed by atoms with Crippen LogP contribution in [-0.2, 0) is 4.79 Å². The van der Waals surface area contributed by atoms with Gasteiger partial charge in [-0.2, -0.15) is 0 Å². The Bertz CT molecular complexity index is 712. The van der Waals surface area contributed by atoms with Gasteiger partial charge in [-0.15, -0.1) is 0 Å². The molecule has 0 aromatic rings. The van der Waals surface area contributed by atoms with Gasteiger partial charge in [0.1, 0.15) is 0 Å². The van der Waals surface area contributed by atoms with Crippen LogP contribution >= 0.6 is 0 Å². The second-order valence-corrected chi connectivity index (χ2v) is 9.54. The Morgan fingerprint density at radius 3 is 1.29 bits per heavy atom. The Balaban J connectivity index is 4.15. The van der Waals surface area contributed by atoms with E-state index in [0.717, 1.165) is 50.5 Å². The van der Waals surface area contributed by atoms with E-state index in [1.807, 2.05) is 13.8 Å². The second-order valence-electron chi connectivity index (χ2n) is 9.54. The van der Waals surface area contributed by atoms with Crippen LogP contribution in [0.25, 0.3) is 0 Å². The van der Waals surface area contributed by atoms with Crippen molar-refractivity contribution in [2.75, 3.05) is 0 Å². The fraction of sp³-hybridized carbons (Fsp3) is 0.567. The van der Waals surface area contributed by atoms with E-state index in [4.69, 9.17) is 0 Å². The summed E-state index contributed by atoms with van der Waals surface area (Å²) in [7, 11) is 0. The monoisotopic (exact) mass is 424 g/mol. The van der Waals surface area contributed by atoms with Crippen LogP contribution in [-0.4, -0.2) is 5.78 Å². The van der Waals surface area contributed by atoms with Crippen LogP contribution in [0, 0.1) is 0 Å². The lowest BCUT2D eigenvalue weighted by molar-refractivity contribution is -0.114. The van der Waals surface area contributed by atoms with E-state index in [9.17, 15) is 4.79 Å². The fourth-order valence-corrected chi connectivity index (χ4v) is 3.37. The standard InChI is InChI=1S/C30H48O/c1-24(2)14-11-17-28(7)19-12-18-26(5)15-9-10-16-27(6)20-13-21-29(8)23-30(31)22-25(3)4/h14-16,19,21-22H,9-13,17-18,20,23H2,1-8H3. The lowest BCUT2D eigenvalue weighted by Gasteiger charge is -2.02. The summed E-state index contributed by atoms with van der Waals surface area (Å²) in [6.45, 7) is 17.1. The van der Waals surface area contributed by atoms with Crippen LogP contribution in [0.1, 0.15) is 113 Å². The van der Waals surface area contributed by atoms with Crippen molar-refractivity contribution in [1.82, 2.24) is 0 Å². The molecule has 0 aromatic carbocycles. The molecule has 0 aliphatic rings. The highest BCUT2D eigenvalue weighted by molar-refractivity contribution is 5.91. The van der Waals surface area contributed by atoms with Crippen molar-refractivity contribution >= 4 is 5.78 Å². The zero-order chi connectivity index (χ0) is 23.6. The first-order valence-electron chi connectivity index (χ1n) is 12.0. The SMILES string of the molecule is CC(C)=CCCC(C)=CCCC(C)=CCCC=C(C)CCC=C(C)CC(=O)C=C(C)C. The van der Waals surface area contributed by atoms with E-state index in [1.54, 1.807) is 6.08 Å². The van der Waals surface area contributed by atoms with E-state index in [0.29, 0.717) is 6.42 Å². The molecule has 0 aromatic heterocycles. The van der Waals surface area contributed by atoms with Gasteiger partial charge in [-0.05, 0) is 113 Å². The fourth-order valence-electron chi connectivity index (χ4n) is 3.37. The van der Waals surface area contributed by atoms with E-state index in [1.165, 1.54) is 34.3 Å². The zero-order valence-electron chi connectivity index (χ0n) is 21.7. The first kappa shape index (κ1) is 29.1. The molecule has 0 atom stereocenters. The molecule has 174 valence electrons. The molecule has 0 N–H and O–H groups in total. The van der Waals surface area contributed by atoms with Crippen molar-refractivity contribution in [3.8, 4) is 0 Å². The Labute approximate surface area is 193 Å². The topological polar surface area (TPSA) is 17.1 Å². The molecule has 0 spiro atoms. The Hall–Kier alpha value is -1.89. The minimum absolute atomic E-state index is 0.206. The van der Waals surface area contributed by atoms with Crippen molar-refractivity contribution in [2.45, 2.75) is 113 Å². The van der Waals surface area contributed by atoms with Crippen LogP contribution < -0.4 is 0 Å². The first-order valence-corrected chi connectivity index (χ1v) is 12.0. The minimum atomic E-state index is 0.206. The lowest BCUT2D eigenvalue weighted by Crippen LogP contribution is -1.94. The number of carbonyl (C=O) groups excluding carboxylic acids is 1. The summed E-state index contributed by atoms with van der Waals surface area (Å²) in [6, 6.07) is 0. The van der Waals surface area contributed by atoms with Crippen LogP contribution in [0.15, 0.2) is 69.9 Å². The quantitative estimate of drug-likeness (QED) is 0.145. The first-order chi connectivity index (χ1) is 14.6. The van der Waals surface area contributed by atoms with Gasteiger partial charge >= 0.3 is 0 Å². The summed E-state index contributed by atoms with van der Waals surface area (Å²) in [5.74, 6) is 0.206. The molecule has 0 heterocycles. The number of hydrogen-bond acceptors (Lipinski definition) is 1. The van der Waals surface area contributed by atoms with Crippen LogP contribution in [0.2, 0.25) is 0 Å². The molecule has 0 fully saturated rings. The van der Waals surface area contributed by atoms with Gasteiger partial charge in [0.15, 0.2) is 5.78 Å². The Kier molecular flexibility index (Phi) is 16.7. The van der Waals surface area contributed by atoms with Gasteiger partial charge in [0.05, 0.1) is 0 Å². The van der Waals surface area contributed by atoms with Gasteiger partial charge in [0.25, 0.3) is 0 Å². The third kappa shape index (κ3) is 19.8. The van der Waals surface area contributed by atoms with Gasteiger partial charge in [-0.1, -0.05) is 63.8 Å². The number of allylic oxidation sites excluding steroid dienone is 12. The highest BCUT2D eigenvalue weighted by Gasteiger charge is 1.99. The number of rotatable bonds is 15. The molecular weight excluding hydrogens is 376 g/mol. The molecule has 0 unspecified atom stereocenters. The van der Waals surface area contributed by atoms with Gasteiger partial charge in [-0.3, -0.25) is 4.79 Å². The summed E-state index contributed by atoms with van der Waals surface area (Å²) < 4.78 is 0. The van der Waals surface area contributed by atoms with Crippen molar-refractivity contribution in [3.63, 3.8) is 0 Å². The average molecular weight is 425 g/mol. The smallest absolute Gasteiger partial charge is 0.159 e. The molecule has 0 aliphatic heterocycles. The molecule has 1 heteroatoms. The molecule has 0 saturated heterocycles.